The number of aromatic nitrogens is 1. The third-order valence-electron chi connectivity index (χ3n) is 4.19. The second-order valence-electron chi connectivity index (χ2n) is 5.95. The van der Waals surface area contributed by atoms with Gasteiger partial charge in [0.05, 0.1) is 5.02 Å². The van der Waals surface area contributed by atoms with Gasteiger partial charge in [-0.05, 0) is 30.5 Å². The molecule has 2 aromatic carbocycles. The number of anilines is 1. The van der Waals surface area contributed by atoms with Crippen molar-refractivity contribution >= 4 is 40.1 Å². The van der Waals surface area contributed by atoms with Gasteiger partial charge in [-0.15, -0.1) is 0 Å². The van der Waals surface area contributed by atoms with E-state index in [1.807, 2.05) is 56.3 Å². The van der Waals surface area contributed by atoms with Gasteiger partial charge >= 0.3 is 5.97 Å². The van der Waals surface area contributed by atoms with Crippen molar-refractivity contribution in [2.75, 3.05) is 11.9 Å². The summed E-state index contributed by atoms with van der Waals surface area (Å²) in [4.78, 5) is 27.4. The quantitative estimate of drug-likeness (QED) is 0.650. The second-order valence-corrected chi connectivity index (χ2v) is 6.32. The Morgan fingerprint density at radius 1 is 1.15 bits per heavy atom. The van der Waals surface area contributed by atoms with E-state index >= 15 is 0 Å². The summed E-state index contributed by atoms with van der Waals surface area (Å²) in [7, 11) is 0. The van der Waals surface area contributed by atoms with Crippen molar-refractivity contribution in [1.82, 2.24) is 4.98 Å². The van der Waals surface area contributed by atoms with Gasteiger partial charge in [-0.1, -0.05) is 54.9 Å². The van der Waals surface area contributed by atoms with Gasteiger partial charge < -0.3 is 15.0 Å². The van der Waals surface area contributed by atoms with Crippen molar-refractivity contribution in [3.05, 3.63) is 64.3 Å². The number of fused-ring (bicyclic) bond motifs is 1. The van der Waals surface area contributed by atoms with Crippen molar-refractivity contribution in [2.24, 2.45) is 0 Å². The van der Waals surface area contributed by atoms with Crippen molar-refractivity contribution in [3.8, 4) is 0 Å². The van der Waals surface area contributed by atoms with Gasteiger partial charge in [-0.25, -0.2) is 4.79 Å². The molecule has 0 radical (unpaired) electrons. The van der Waals surface area contributed by atoms with Crippen molar-refractivity contribution in [3.63, 3.8) is 0 Å². The van der Waals surface area contributed by atoms with Crippen molar-refractivity contribution in [1.29, 1.82) is 0 Å². The number of nitrogens with one attached hydrogen (secondary N) is 2. The molecular weight excluding hydrogens is 352 g/mol. The number of amides is 1. The molecule has 26 heavy (non-hydrogen) atoms. The minimum Gasteiger partial charge on any atom is -0.451 e. The van der Waals surface area contributed by atoms with Gasteiger partial charge in [0.15, 0.2) is 6.61 Å². The van der Waals surface area contributed by atoms with E-state index in [0.717, 1.165) is 34.1 Å². The summed E-state index contributed by atoms with van der Waals surface area (Å²) in [5.74, 6) is -1.06. The lowest BCUT2D eigenvalue weighted by Crippen LogP contribution is -2.22. The largest absolute Gasteiger partial charge is 0.451 e. The Hall–Kier alpha value is -2.79. The lowest BCUT2D eigenvalue weighted by atomic mass is 10.1. The number of ether oxygens (including phenoxy) is 1. The number of hydrogen-bond donors (Lipinski definition) is 2. The predicted octanol–water partition coefficient (Wildman–Crippen LogP) is 4.49. The molecule has 2 N–H and O–H groups in total. The van der Waals surface area contributed by atoms with E-state index in [0.29, 0.717) is 0 Å². The first kappa shape index (κ1) is 18.0. The van der Waals surface area contributed by atoms with Crippen LogP contribution in [0.25, 0.3) is 10.9 Å². The van der Waals surface area contributed by atoms with Crippen LogP contribution in [0.1, 0.15) is 28.5 Å². The molecule has 0 fully saturated rings. The Kier molecular flexibility index (Phi) is 5.28. The SMILES string of the molecule is CCc1cccc(C)c1NC(=O)COC(=O)c1[nH]c2ccccc2c1Cl. The first-order valence-corrected chi connectivity index (χ1v) is 8.70. The summed E-state index contributed by atoms with van der Waals surface area (Å²) in [6.07, 6.45) is 0.793. The molecule has 0 aliphatic rings. The van der Waals surface area contributed by atoms with Gasteiger partial charge in [-0.3, -0.25) is 4.79 Å². The topological polar surface area (TPSA) is 71.2 Å². The summed E-state index contributed by atoms with van der Waals surface area (Å²) in [5.41, 5.74) is 3.64. The van der Waals surface area contributed by atoms with E-state index in [2.05, 4.69) is 10.3 Å². The summed E-state index contributed by atoms with van der Waals surface area (Å²) in [6, 6.07) is 13.1. The smallest absolute Gasteiger partial charge is 0.356 e. The Morgan fingerprint density at radius 2 is 1.92 bits per heavy atom. The normalized spacial score (nSPS) is 10.7. The number of carbonyl (C=O) groups excluding carboxylic acids is 2. The molecule has 0 spiro atoms. The van der Waals surface area contributed by atoms with E-state index in [1.165, 1.54) is 0 Å². The highest BCUT2D eigenvalue weighted by Gasteiger charge is 2.19. The number of aryl methyl sites for hydroxylation is 2. The zero-order valence-electron chi connectivity index (χ0n) is 14.6. The molecule has 0 aliphatic heterocycles. The first-order valence-electron chi connectivity index (χ1n) is 8.33. The van der Waals surface area contributed by atoms with E-state index in [9.17, 15) is 9.59 Å². The molecule has 3 aromatic rings. The lowest BCUT2D eigenvalue weighted by Gasteiger charge is -2.13. The highest BCUT2D eigenvalue weighted by molar-refractivity contribution is 6.38. The standard InChI is InChI=1S/C20H19ClN2O3/c1-3-13-8-6-7-12(2)18(13)23-16(24)11-26-20(25)19-17(21)14-9-4-5-10-15(14)22-19/h4-10,22H,3,11H2,1-2H3,(H,23,24). The number of aromatic amines is 1. The third kappa shape index (κ3) is 3.58. The fourth-order valence-electron chi connectivity index (χ4n) is 2.83. The summed E-state index contributed by atoms with van der Waals surface area (Å²) >= 11 is 6.22. The molecule has 3 rings (SSSR count). The fourth-order valence-corrected chi connectivity index (χ4v) is 3.12. The minimum atomic E-state index is -0.665. The van der Waals surface area contributed by atoms with Crippen molar-refractivity contribution < 1.29 is 14.3 Å². The molecule has 0 unspecified atom stereocenters. The summed E-state index contributed by atoms with van der Waals surface area (Å²) in [6.45, 7) is 3.55. The number of esters is 1. The zero-order valence-corrected chi connectivity index (χ0v) is 15.3. The molecular formula is C20H19ClN2O3. The third-order valence-corrected chi connectivity index (χ3v) is 4.58. The summed E-state index contributed by atoms with van der Waals surface area (Å²) < 4.78 is 5.12. The second kappa shape index (κ2) is 7.62. The maximum absolute atomic E-state index is 12.3. The number of hydrogen-bond acceptors (Lipinski definition) is 3. The number of rotatable bonds is 5. The molecule has 0 saturated carbocycles. The molecule has 1 heterocycles. The molecule has 1 aromatic heterocycles. The summed E-state index contributed by atoms with van der Waals surface area (Å²) in [5, 5.41) is 3.84. The maximum atomic E-state index is 12.3. The number of halogens is 1. The molecule has 6 heteroatoms. The molecule has 0 aliphatic carbocycles. The van der Waals surface area contributed by atoms with Crippen LogP contribution in [-0.2, 0) is 16.0 Å². The molecule has 0 atom stereocenters. The average Bonchev–Trinajstić information content (AvgIpc) is 2.98. The average molecular weight is 371 g/mol. The monoisotopic (exact) mass is 370 g/mol. The van der Waals surface area contributed by atoms with Crippen LogP contribution < -0.4 is 5.32 Å². The number of carbonyl (C=O) groups is 2. The van der Waals surface area contributed by atoms with Crippen LogP contribution in [0.2, 0.25) is 5.02 Å². The van der Waals surface area contributed by atoms with Crippen LogP contribution in [0.15, 0.2) is 42.5 Å². The van der Waals surface area contributed by atoms with Gasteiger partial charge in [-0.2, -0.15) is 0 Å². The fraction of sp³-hybridized carbons (Fsp3) is 0.200. The molecule has 5 nitrogen and oxygen atoms in total. The first-order chi connectivity index (χ1) is 12.5. The van der Waals surface area contributed by atoms with Gasteiger partial charge in [0.2, 0.25) is 0 Å². The van der Waals surface area contributed by atoms with Crippen LogP contribution in [-0.4, -0.2) is 23.5 Å². The highest BCUT2D eigenvalue weighted by atomic mass is 35.5. The maximum Gasteiger partial charge on any atom is 0.356 e. The Labute approximate surface area is 156 Å². The van der Waals surface area contributed by atoms with Crippen molar-refractivity contribution in [2.45, 2.75) is 20.3 Å². The number of H-pyrrole nitrogens is 1. The van der Waals surface area contributed by atoms with Gasteiger partial charge in [0.1, 0.15) is 5.69 Å². The van der Waals surface area contributed by atoms with Gasteiger partial charge in [0, 0.05) is 16.6 Å². The zero-order chi connectivity index (χ0) is 18.7. The molecule has 0 saturated heterocycles. The molecule has 1 amide bonds. The van der Waals surface area contributed by atoms with Crippen LogP contribution in [0.4, 0.5) is 5.69 Å². The Morgan fingerprint density at radius 3 is 2.65 bits per heavy atom. The molecule has 134 valence electrons. The van der Waals surface area contributed by atoms with Gasteiger partial charge in [0.25, 0.3) is 5.91 Å². The van der Waals surface area contributed by atoms with Crippen LogP contribution in [0.5, 0.6) is 0 Å². The van der Waals surface area contributed by atoms with Crippen LogP contribution >= 0.6 is 11.6 Å². The Bertz CT molecular complexity index is 978. The highest BCUT2D eigenvalue weighted by Crippen LogP contribution is 2.27. The Balaban J connectivity index is 1.68. The number of para-hydroxylation sites is 2. The molecule has 0 bridgehead atoms. The van der Waals surface area contributed by atoms with Crippen LogP contribution in [0, 0.1) is 6.92 Å². The predicted molar refractivity (Wildman–Crippen MR) is 103 cm³/mol. The minimum absolute atomic E-state index is 0.144. The van der Waals surface area contributed by atoms with E-state index < -0.39 is 11.9 Å². The lowest BCUT2D eigenvalue weighted by molar-refractivity contribution is -0.119. The van der Waals surface area contributed by atoms with E-state index in [-0.39, 0.29) is 17.3 Å². The van der Waals surface area contributed by atoms with E-state index in [4.69, 9.17) is 16.3 Å². The van der Waals surface area contributed by atoms with Crippen LogP contribution in [0.3, 0.4) is 0 Å². The van der Waals surface area contributed by atoms with E-state index in [1.54, 1.807) is 0 Å². The number of benzene rings is 2.